The van der Waals surface area contributed by atoms with Gasteiger partial charge in [-0.15, -0.1) is 0 Å². The molecule has 122 valence electrons. The van der Waals surface area contributed by atoms with Crippen molar-refractivity contribution in [2.75, 3.05) is 11.6 Å². The van der Waals surface area contributed by atoms with Gasteiger partial charge in [-0.1, -0.05) is 59.1 Å². The molecule has 4 nitrogen and oxygen atoms in total. The molecule has 24 heavy (non-hydrogen) atoms. The zero-order valence-electron chi connectivity index (χ0n) is 12.3. The van der Waals surface area contributed by atoms with Gasteiger partial charge in [0, 0.05) is 16.8 Å². The summed E-state index contributed by atoms with van der Waals surface area (Å²) in [5.41, 5.74) is 2.14. The van der Waals surface area contributed by atoms with Crippen LogP contribution in [-0.2, 0) is 0 Å². The van der Waals surface area contributed by atoms with Crippen LogP contribution in [-0.4, -0.2) is 18.8 Å². The molecular weight excluding hydrogens is 369 g/mol. The van der Waals surface area contributed by atoms with Crippen LogP contribution in [0.25, 0.3) is 12.2 Å². The second kappa shape index (κ2) is 7.26. The fraction of sp³-hybridized carbons (Fsp3) is 0.0588. The lowest BCUT2D eigenvalue weighted by Gasteiger charge is -2.21. The molecule has 0 atom stereocenters. The first-order valence-electron chi connectivity index (χ1n) is 7.08. The van der Waals surface area contributed by atoms with Crippen LogP contribution in [0.1, 0.15) is 11.1 Å². The van der Waals surface area contributed by atoms with E-state index in [9.17, 15) is 4.79 Å². The summed E-state index contributed by atoms with van der Waals surface area (Å²) in [7, 11) is 0. The standard InChI is InChI=1S/C17H12Cl3N3O/c18-12-4-1-11(2-5-12)3-6-14-15(19)9-13(10-16(14)20)23-17(24)21-7-8-22-23/h1-6,8-10H,7H2,(H,21,24). The SMILES string of the molecule is O=C1NCC=NN1c1cc(Cl)c(C=Cc2ccc(Cl)cc2)c(Cl)c1. The first-order valence-corrected chi connectivity index (χ1v) is 8.21. The molecule has 0 saturated carbocycles. The number of carbonyl (C=O) groups is 1. The monoisotopic (exact) mass is 379 g/mol. The summed E-state index contributed by atoms with van der Waals surface area (Å²) in [5.74, 6) is 0. The molecule has 0 unspecified atom stereocenters. The lowest BCUT2D eigenvalue weighted by Crippen LogP contribution is -2.41. The maximum atomic E-state index is 11.8. The molecule has 1 N–H and O–H groups in total. The maximum Gasteiger partial charge on any atom is 0.342 e. The Kier molecular flexibility index (Phi) is 5.09. The zero-order valence-corrected chi connectivity index (χ0v) is 14.6. The molecule has 2 aromatic carbocycles. The first kappa shape index (κ1) is 16.8. The molecule has 0 bridgehead atoms. The molecule has 0 fully saturated rings. The van der Waals surface area contributed by atoms with Crippen LogP contribution < -0.4 is 10.3 Å². The quantitative estimate of drug-likeness (QED) is 0.718. The van der Waals surface area contributed by atoms with Gasteiger partial charge in [0.05, 0.1) is 22.3 Å². The van der Waals surface area contributed by atoms with Gasteiger partial charge in [0.25, 0.3) is 0 Å². The lowest BCUT2D eigenvalue weighted by atomic mass is 10.1. The summed E-state index contributed by atoms with van der Waals surface area (Å²) in [6.45, 7) is 0.401. The Balaban J connectivity index is 1.90. The van der Waals surface area contributed by atoms with Gasteiger partial charge in [-0.25, -0.2) is 4.79 Å². The van der Waals surface area contributed by atoms with E-state index in [-0.39, 0.29) is 6.03 Å². The number of urea groups is 1. The van der Waals surface area contributed by atoms with Gasteiger partial charge in [0.1, 0.15) is 0 Å². The highest BCUT2D eigenvalue weighted by Gasteiger charge is 2.19. The number of nitrogens with one attached hydrogen (secondary N) is 1. The van der Waals surface area contributed by atoms with E-state index in [1.807, 2.05) is 24.3 Å². The number of benzene rings is 2. The van der Waals surface area contributed by atoms with Crippen molar-refractivity contribution >= 4 is 64.9 Å². The van der Waals surface area contributed by atoms with Crippen LogP contribution in [0.4, 0.5) is 10.5 Å². The van der Waals surface area contributed by atoms with Gasteiger partial charge in [-0.2, -0.15) is 10.1 Å². The number of carbonyl (C=O) groups excluding carboxylic acids is 1. The molecule has 0 saturated heterocycles. The molecule has 3 rings (SSSR count). The van der Waals surface area contributed by atoms with Crippen LogP contribution in [0.15, 0.2) is 41.5 Å². The number of halogens is 3. The summed E-state index contributed by atoms with van der Waals surface area (Å²) in [5, 5.41) is 9.45. The Morgan fingerprint density at radius 1 is 1.04 bits per heavy atom. The number of anilines is 1. The van der Waals surface area contributed by atoms with E-state index in [1.165, 1.54) is 5.01 Å². The average molecular weight is 381 g/mol. The Morgan fingerprint density at radius 2 is 1.71 bits per heavy atom. The van der Waals surface area contributed by atoms with Crippen LogP contribution in [0.2, 0.25) is 15.1 Å². The van der Waals surface area contributed by atoms with Gasteiger partial charge in [0.2, 0.25) is 0 Å². The minimum Gasteiger partial charge on any atom is -0.331 e. The lowest BCUT2D eigenvalue weighted by molar-refractivity contribution is 0.247. The number of hydrogen-bond donors (Lipinski definition) is 1. The summed E-state index contributed by atoms with van der Waals surface area (Å²) in [6, 6.07) is 10.4. The molecule has 1 heterocycles. The fourth-order valence-corrected chi connectivity index (χ4v) is 2.90. The number of hydrazone groups is 1. The maximum absolute atomic E-state index is 11.8. The Bertz CT molecular complexity index is 808. The molecule has 1 aliphatic heterocycles. The van der Waals surface area contributed by atoms with Crippen molar-refractivity contribution in [3.05, 3.63) is 62.6 Å². The number of amides is 2. The van der Waals surface area contributed by atoms with Gasteiger partial charge < -0.3 is 5.32 Å². The highest BCUT2D eigenvalue weighted by Crippen LogP contribution is 2.33. The minimum absolute atomic E-state index is 0.325. The van der Waals surface area contributed by atoms with Crippen molar-refractivity contribution in [3.8, 4) is 0 Å². The van der Waals surface area contributed by atoms with E-state index < -0.39 is 0 Å². The summed E-state index contributed by atoms with van der Waals surface area (Å²) in [4.78, 5) is 11.8. The topological polar surface area (TPSA) is 44.7 Å². The number of rotatable bonds is 3. The second-order valence-corrected chi connectivity index (χ2v) is 6.25. The zero-order chi connectivity index (χ0) is 17.1. The van der Waals surface area contributed by atoms with Gasteiger partial charge in [-0.05, 0) is 29.8 Å². The molecule has 2 amide bonds. The molecule has 1 aliphatic rings. The largest absolute Gasteiger partial charge is 0.342 e. The molecule has 7 heteroatoms. The summed E-state index contributed by atoms with van der Waals surface area (Å²) in [6.07, 6.45) is 5.30. The van der Waals surface area contributed by atoms with Crippen LogP contribution >= 0.6 is 34.8 Å². The molecule has 0 spiro atoms. The second-order valence-electron chi connectivity index (χ2n) is 5.00. The normalized spacial score (nSPS) is 14.3. The Morgan fingerprint density at radius 3 is 2.33 bits per heavy atom. The van der Waals surface area contributed by atoms with Crippen molar-refractivity contribution in [1.29, 1.82) is 0 Å². The third-order valence-corrected chi connectivity index (χ3v) is 4.23. The molecule has 0 aromatic heterocycles. The fourth-order valence-electron chi connectivity index (χ4n) is 2.17. The van der Waals surface area contributed by atoms with Crippen molar-refractivity contribution in [2.45, 2.75) is 0 Å². The predicted molar refractivity (Wildman–Crippen MR) is 101 cm³/mol. The minimum atomic E-state index is -0.325. The highest BCUT2D eigenvalue weighted by molar-refractivity contribution is 6.38. The van der Waals surface area contributed by atoms with E-state index in [4.69, 9.17) is 34.8 Å². The van der Waals surface area contributed by atoms with Crippen molar-refractivity contribution < 1.29 is 4.79 Å². The molecule has 2 aromatic rings. The van der Waals surface area contributed by atoms with E-state index in [2.05, 4.69) is 10.4 Å². The van der Waals surface area contributed by atoms with Crippen molar-refractivity contribution in [1.82, 2.24) is 5.32 Å². The van der Waals surface area contributed by atoms with Crippen LogP contribution in [0, 0.1) is 0 Å². The van der Waals surface area contributed by atoms with E-state index in [0.29, 0.717) is 32.9 Å². The van der Waals surface area contributed by atoms with Gasteiger partial charge >= 0.3 is 6.03 Å². The van der Waals surface area contributed by atoms with E-state index in [0.717, 1.165) is 5.56 Å². The van der Waals surface area contributed by atoms with Gasteiger partial charge in [0.15, 0.2) is 0 Å². The molecule has 0 radical (unpaired) electrons. The van der Waals surface area contributed by atoms with Gasteiger partial charge in [-0.3, -0.25) is 0 Å². The summed E-state index contributed by atoms with van der Waals surface area (Å²) >= 11 is 18.5. The molecular formula is C17H12Cl3N3O. The Hall–Kier alpha value is -2.01. The Labute approximate surface area is 154 Å². The smallest absolute Gasteiger partial charge is 0.331 e. The first-order chi connectivity index (χ1) is 11.5. The van der Waals surface area contributed by atoms with Crippen LogP contribution in [0.3, 0.4) is 0 Å². The number of nitrogens with zero attached hydrogens (tertiary/aromatic N) is 2. The predicted octanol–water partition coefficient (Wildman–Crippen LogP) is 5.33. The van der Waals surface area contributed by atoms with Crippen molar-refractivity contribution in [3.63, 3.8) is 0 Å². The molecule has 0 aliphatic carbocycles. The van der Waals surface area contributed by atoms with E-state index >= 15 is 0 Å². The third-order valence-electron chi connectivity index (χ3n) is 3.35. The summed E-state index contributed by atoms with van der Waals surface area (Å²) < 4.78 is 0. The third kappa shape index (κ3) is 3.73. The highest BCUT2D eigenvalue weighted by atomic mass is 35.5. The number of hydrogen-bond acceptors (Lipinski definition) is 2. The van der Waals surface area contributed by atoms with Crippen LogP contribution in [0.5, 0.6) is 0 Å². The van der Waals surface area contributed by atoms with Crippen molar-refractivity contribution in [2.24, 2.45) is 5.10 Å². The average Bonchev–Trinajstić information content (AvgIpc) is 2.56. The van der Waals surface area contributed by atoms with E-state index in [1.54, 1.807) is 30.5 Å².